The van der Waals surface area contributed by atoms with Crippen LogP contribution in [0.1, 0.15) is 78.6 Å². The standard InChI is InChI=1S/C26H40N2/c1-19(21-15-11-9-12-16-21)27-23(25(3,4)5)24(26(6,7)8)28-20(2)22-17-13-10-14-18-22/h9-20,23-24,27-28H,1-8H3/t19-,20-,23+,24+/m0/s1. The van der Waals surface area contributed by atoms with Gasteiger partial charge in [-0.2, -0.15) is 0 Å². The van der Waals surface area contributed by atoms with Gasteiger partial charge in [-0.1, -0.05) is 102 Å². The van der Waals surface area contributed by atoms with Gasteiger partial charge in [0.2, 0.25) is 0 Å². The Morgan fingerprint density at radius 1 is 0.536 bits per heavy atom. The zero-order valence-electron chi connectivity index (χ0n) is 19.1. The molecule has 0 aromatic heterocycles. The number of hydrogen-bond acceptors (Lipinski definition) is 2. The van der Waals surface area contributed by atoms with Crippen LogP contribution < -0.4 is 10.6 Å². The summed E-state index contributed by atoms with van der Waals surface area (Å²) in [5, 5.41) is 7.95. The molecule has 0 saturated carbocycles. The van der Waals surface area contributed by atoms with Crippen LogP contribution in [0, 0.1) is 10.8 Å². The van der Waals surface area contributed by atoms with Crippen LogP contribution in [0.25, 0.3) is 0 Å². The van der Waals surface area contributed by atoms with Gasteiger partial charge >= 0.3 is 0 Å². The topological polar surface area (TPSA) is 24.1 Å². The summed E-state index contributed by atoms with van der Waals surface area (Å²) in [5.41, 5.74) is 2.90. The van der Waals surface area contributed by atoms with E-state index in [9.17, 15) is 0 Å². The van der Waals surface area contributed by atoms with Gasteiger partial charge in [-0.05, 0) is 35.8 Å². The van der Waals surface area contributed by atoms with Crippen LogP contribution in [0.3, 0.4) is 0 Å². The van der Waals surface area contributed by atoms with Crippen molar-refractivity contribution in [3.05, 3.63) is 71.8 Å². The van der Waals surface area contributed by atoms with E-state index in [-0.39, 0.29) is 10.8 Å². The van der Waals surface area contributed by atoms with Crippen molar-refractivity contribution < 1.29 is 0 Å². The van der Waals surface area contributed by atoms with E-state index in [1.54, 1.807) is 0 Å². The van der Waals surface area contributed by atoms with Crippen LogP contribution in [0.15, 0.2) is 60.7 Å². The highest BCUT2D eigenvalue weighted by Crippen LogP contribution is 2.34. The minimum Gasteiger partial charge on any atom is -0.305 e. The fourth-order valence-corrected chi connectivity index (χ4v) is 3.91. The van der Waals surface area contributed by atoms with E-state index in [1.807, 2.05) is 0 Å². The molecule has 0 radical (unpaired) electrons. The van der Waals surface area contributed by atoms with Gasteiger partial charge in [0.25, 0.3) is 0 Å². The second-order valence-corrected chi connectivity index (χ2v) is 10.3. The quantitative estimate of drug-likeness (QED) is 0.571. The van der Waals surface area contributed by atoms with Gasteiger partial charge in [-0.15, -0.1) is 0 Å². The van der Waals surface area contributed by atoms with Crippen LogP contribution in [-0.2, 0) is 0 Å². The first-order chi connectivity index (χ1) is 13.0. The first-order valence-electron chi connectivity index (χ1n) is 10.6. The molecule has 0 amide bonds. The fraction of sp³-hybridized carbons (Fsp3) is 0.538. The van der Waals surface area contributed by atoms with E-state index >= 15 is 0 Å². The first kappa shape index (κ1) is 22.6. The molecule has 0 heterocycles. The molecule has 0 bridgehead atoms. The molecule has 28 heavy (non-hydrogen) atoms. The molecule has 2 N–H and O–H groups in total. The molecule has 2 nitrogen and oxygen atoms in total. The number of rotatable bonds is 7. The van der Waals surface area contributed by atoms with Crippen molar-refractivity contribution >= 4 is 0 Å². The lowest BCUT2D eigenvalue weighted by molar-refractivity contribution is 0.115. The molecule has 2 aromatic rings. The second-order valence-electron chi connectivity index (χ2n) is 10.3. The zero-order chi connectivity index (χ0) is 20.9. The van der Waals surface area contributed by atoms with Gasteiger partial charge in [-0.25, -0.2) is 0 Å². The highest BCUT2D eigenvalue weighted by Gasteiger charge is 2.40. The smallest absolute Gasteiger partial charge is 0.0295 e. The van der Waals surface area contributed by atoms with Crippen LogP contribution in [0.4, 0.5) is 0 Å². The van der Waals surface area contributed by atoms with Crippen molar-refractivity contribution in [1.29, 1.82) is 0 Å². The normalized spacial score (nSPS) is 17.0. The van der Waals surface area contributed by atoms with Crippen LogP contribution in [0.2, 0.25) is 0 Å². The lowest BCUT2D eigenvalue weighted by atomic mass is 9.72. The van der Waals surface area contributed by atoms with Gasteiger partial charge in [0.1, 0.15) is 0 Å². The van der Waals surface area contributed by atoms with Gasteiger partial charge in [0.05, 0.1) is 0 Å². The third-order valence-corrected chi connectivity index (χ3v) is 5.66. The molecular formula is C26H40N2. The molecule has 2 heteroatoms. The van der Waals surface area contributed by atoms with E-state index < -0.39 is 0 Å². The minimum atomic E-state index is 0.115. The summed E-state index contributed by atoms with van der Waals surface area (Å²) in [5.74, 6) is 0. The third kappa shape index (κ3) is 6.18. The zero-order valence-corrected chi connectivity index (χ0v) is 19.1. The third-order valence-electron chi connectivity index (χ3n) is 5.66. The summed E-state index contributed by atoms with van der Waals surface area (Å²) < 4.78 is 0. The van der Waals surface area contributed by atoms with E-state index in [2.05, 4.69) is 127 Å². The predicted molar refractivity (Wildman–Crippen MR) is 122 cm³/mol. The summed E-state index contributed by atoms with van der Waals surface area (Å²) >= 11 is 0. The first-order valence-corrected chi connectivity index (χ1v) is 10.6. The SMILES string of the molecule is C[C@H](N[C@H]([C@@H](N[C@@H](C)c1ccccc1)C(C)(C)C)C(C)(C)C)c1ccccc1. The summed E-state index contributed by atoms with van der Waals surface area (Å²) in [6.07, 6.45) is 0. The Kier molecular flexibility index (Phi) is 7.47. The Morgan fingerprint density at radius 2 is 0.821 bits per heavy atom. The summed E-state index contributed by atoms with van der Waals surface area (Å²) in [4.78, 5) is 0. The Balaban J connectivity index is 2.30. The molecule has 0 aliphatic heterocycles. The van der Waals surface area contributed by atoms with E-state index in [4.69, 9.17) is 0 Å². The van der Waals surface area contributed by atoms with Crippen molar-refractivity contribution in [3.8, 4) is 0 Å². The molecular weight excluding hydrogens is 340 g/mol. The van der Waals surface area contributed by atoms with Crippen molar-refractivity contribution in [2.24, 2.45) is 10.8 Å². The maximum atomic E-state index is 3.97. The number of nitrogens with one attached hydrogen (secondary N) is 2. The lowest BCUT2D eigenvalue weighted by Gasteiger charge is -2.47. The van der Waals surface area contributed by atoms with Gasteiger partial charge in [0.15, 0.2) is 0 Å². The molecule has 0 aliphatic rings. The fourth-order valence-electron chi connectivity index (χ4n) is 3.91. The molecule has 2 aromatic carbocycles. The van der Waals surface area contributed by atoms with Gasteiger partial charge < -0.3 is 10.6 Å². The van der Waals surface area contributed by atoms with Crippen LogP contribution in [-0.4, -0.2) is 12.1 Å². The van der Waals surface area contributed by atoms with Crippen molar-refractivity contribution in [2.75, 3.05) is 0 Å². The molecule has 0 fully saturated rings. The highest BCUT2D eigenvalue weighted by atomic mass is 15.1. The lowest BCUT2D eigenvalue weighted by Crippen LogP contribution is -2.60. The average molecular weight is 381 g/mol. The van der Waals surface area contributed by atoms with Crippen molar-refractivity contribution in [2.45, 2.75) is 79.6 Å². The van der Waals surface area contributed by atoms with Crippen LogP contribution in [0.5, 0.6) is 0 Å². The number of hydrogen-bond donors (Lipinski definition) is 2. The van der Waals surface area contributed by atoms with Crippen molar-refractivity contribution in [3.63, 3.8) is 0 Å². The van der Waals surface area contributed by atoms with Crippen molar-refractivity contribution in [1.82, 2.24) is 10.6 Å². The van der Waals surface area contributed by atoms with E-state index in [0.29, 0.717) is 24.2 Å². The summed E-state index contributed by atoms with van der Waals surface area (Å²) in [7, 11) is 0. The minimum absolute atomic E-state index is 0.115. The molecule has 0 aliphatic carbocycles. The maximum absolute atomic E-state index is 3.97. The molecule has 154 valence electrons. The van der Waals surface area contributed by atoms with Crippen LogP contribution >= 0.6 is 0 Å². The van der Waals surface area contributed by atoms with Gasteiger partial charge in [0, 0.05) is 24.2 Å². The summed E-state index contributed by atoms with van der Waals surface area (Å²) in [6, 6.07) is 22.7. The van der Waals surface area contributed by atoms with Gasteiger partial charge in [-0.3, -0.25) is 0 Å². The molecule has 2 rings (SSSR count). The Morgan fingerprint density at radius 3 is 1.07 bits per heavy atom. The van der Waals surface area contributed by atoms with E-state index in [0.717, 1.165) is 0 Å². The maximum Gasteiger partial charge on any atom is 0.0295 e. The van der Waals surface area contributed by atoms with E-state index in [1.165, 1.54) is 11.1 Å². The molecule has 0 spiro atoms. The second kappa shape index (κ2) is 9.24. The Hall–Kier alpha value is -1.64. The highest BCUT2D eigenvalue weighted by molar-refractivity contribution is 5.20. The largest absolute Gasteiger partial charge is 0.305 e. The molecule has 0 saturated heterocycles. The Bertz CT molecular complexity index is 631. The average Bonchev–Trinajstić information content (AvgIpc) is 2.63. The summed E-state index contributed by atoms with van der Waals surface area (Å²) in [6.45, 7) is 18.6. The molecule has 0 unspecified atom stereocenters. The monoisotopic (exact) mass is 380 g/mol. The molecule has 4 atom stereocenters. The predicted octanol–water partition coefficient (Wildman–Crippen LogP) is 6.52. The Labute approximate surface area is 173 Å². The number of benzene rings is 2.